The molecule has 0 N–H and O–H groups in total. The Morgan fingerprint density at radius 2 is 1.14 bits per heavy atom. The number of anilines is 3. The van der Waals surface area contributed by atoms with Crippen molar-refractivity contribution in [1.82, 2.24) is 4.98 Å². The summed E-state index contributed by atoms with van der Waals surface area (Å²) in [5.41, 5.74) is 11.7. The van der Waals surface area contributed by atoms with Crippen LogP contribution in [0.25, 0.3) is 77.2 Å². The predicted octanol–water partition coefficient (Wildman–Crippen LogP) is 12.8. The molecule has 0 aliphatic carbocycles. The lowest BCUT2D eigenvalue weighted by atomic mass is 10.0. The Hall–Kier alpha value is -6.65. The molecule has 0 saturated heterocycles. The summed E-state index contributed by atoms with van der Waals surface area (Å²) in [7, 11) is 0. The van der Waals surface area contributed by atoms with E-state index in [-0.39, 0.29) is 0 Å². The molecule has 0 aliphatic rings. The van der Waals surface area contributed by atoms with Crippen LogP contribution in [-0.2, 0) is 0 Å². The lowest BCUT2D eigenvalue weighted by molar-refractivity contribution is 0.669. The van der Waals surface area contributed by atoms with E-state index in [1.807, 2.05) is 30.3 Å². The summed E-state index contributed by atoms with van der Waals surface area (Å²) in [6.07, 6.45) is 0. The van der Waals surface area contributed by atoms with Crippen molar-refractivity contribution in [2.75, 3.05) is 4.90 Å². The molecule has 0 aliphatic heterocycles. The molecule has 0 unspecified atom stereocenters. The Bertz CT molecular complexity index is 2830. The summed E-state index contributed by atoms with van der Waals surface area (Å²) in [4.78, 5) is 7.46. The van der Waals surface area contributed by atoms with Crippen LogP contribution in [0.5, 0.6) is 0 Å². The molecule has 3 heterocycles. The molecule has 0 atom stereocenters. The first kappa shape index (κ1) is 27.5. The van der Waals surface area contributed by atoms with Crippen molar-refractivity contribution in [3.05, 3.63) is 170 Å². The van der Waals surface area contributed by atoms with E-state index in [2.05, 4.69) is 144 Å². The number of hydrogen-bond acceptors (Lipinski definition) is 4. The molecule has 49 heavy (non-hydrogen) atoms. The maximum Gasteiger partial charge on any atom is 0.153 e. The van der Waals surface area contributed by atoms with Crippen LogP contribution in [0.2, 0.25) is 0 Å². The maximum absolute atomic E-state index is 6.33. The van der Waals surface area contributed by atoms with Crippen LogP contribution in [0.15, 0.2) is 179 Å². The smallest absolute Gasteiger partial charge is 0.153 e. The van der Waals surface area contributed by atoms with Gasteiger partial charge in [-0.2, -0.15) is 0 Å². The Balaban J connectivity index is 1.11. The first-order chi connectivity index (χ1) is 24.3. The van der Waals surface area contributed by atoms with Crippen molar-refractivity contribution < 1.29 is 8.83 Å². The second-order valence-electron chi connectivity index (χ2n) is 12.4. The third-order valence-electron chi connectivity index (χ3n) is 9.47. The van der Waals surface area contributed by atoms with Gasteiger partial charge in [-0.1, -0.05) is 109 Å². The number of furan rings is 2. The van der Waals surface area contributed by atoms with Crippen molar-refractivity contribution in [3.8, 4) is 22.4 Å². The number of benzene rings is 7. The number of para-hydroxylation sites is 2. The molecule has 0 spiro atoms. The van der Waals surface area contributed by atoms with Gasteiger partial charge in [-0.3, -0.25) is 0 Å². The summed E-state index contributed by atoms with van der Waals surface area (Å²) in [5.74, 6) is 0. The topological polar surface area (TPSA) is 42.4 Å². The van der Waals surface area contributed by atoms with E-state index in [4.69, 9.17) is 13.8 Å². The van der Waals surface area contributed by atoms with E-state index in [1.54, 1.807) is 0 Å². The van der Waals surface area contributed by atoms with Gasteiger partial charge in [-0.15, -0.1) is 0 Å². The Morgan fingerprint density at radius 1 is 0.429 bits per heavy atom. The molecule has 0 bridgehead atoms. The quantitative estimate of drug-likeness (QED) is 0.190. The van der Waals surface area contributed by atoms with Gasteiger partial charge in [0, 0.05) is 44.0 Å². The molecular formula is C45H28N2O2. The molecule has 0 radical (unpaired) electrons. The zero-order valence-electron chi connectivity index (χ0n) is 26.4. The number of rotatable bonds is 5. The lowest BCUT2D eigenvalue weighted by Gasteiger charge is -2.28. The van der Waals surface area contributed by atoms with E-state index in [0.29, 0.717) is 0 Å². The highest BCUT2D eigenvalue weighted by Gasteiger charge is 2.19. The molecule has 7 aromatic carbocycles. The molecule has 4 heteroatoms. The number of aromatic nitrogens is 1. The number of hydrogen-bond donors (Lipinski definition) is 0. The average Bonchev–Trinajstić information content (AvgIpc) is 3.74. The Labute approximate surface area is 282 Å². The average molecular weight is 629 g/mol. The normalized spacial score (nSPS) is 11.7. The summed E-state index contributed by atoms with van der Waals surface area (Å²) in [6.45, 7) is 0. The largest absolute Gasteiger partial charge is 0.456 e. The number of pyridine rings is 1. The zero-order chi connectivity index (χ0) is 32.3. The number of fused-ring (bicyclic) bond motifs is 8. The van der Waals surface area contributed by atoms with E-state index in [9.17, 15) is 0 Å². The number of nitrogens with zero attached hydrogens (tertiary/aromatic N) is 2. The molecular weight excluding hydrogens is 601 g/mol. The minimum Gasteiger partial charge on any atom is -0.456 e. The van der Waals surface area contributed by atoms with Gasteiger partial charge in [-0.05, 0) is 71.6 Å². The molecule has 3 aromatic heterocycles. The van der Waals surface area contributed by atoms with Gasteiger partial charge in [0.1, 0.15) is 22.3 Å². The third kappa shape index (κ3) is 4.49. The van der Waals surface area contributed by atoms with Crippen molar-refractivity contribution in [3.63, 3.8) is 0 Å². The van der Waals surface area contributed by atoms with Crippen LogP contribution in [0.3, 0.4) is 0 Å². The van der Waals surface area contributed by atoms with E-state index >= 15 is 0 Å². The Morgan fingerprint density at radius 3 is 2.04 bits per heavy atom. The summed E-state index contributed by atoms with van der Waals surface area (Å²) in [5, 5.41) is 5.47. The second-order valence-corrected chi connectivity index (χ2v) is 12.4. The van der Waals surface area contributed by atoms with Crippen LogP contribution >= 0.6 is 0 Å². The molecule has 10 aromatic rings. The fourth-order valence-electron chi connectivity index (χ4n) is 7.12. The van der Waals surface area contributed by atoms with Gasteiger partial charge in [-0.25, -0.2) is 4.98 Å². The highest BCUT2D eigenvalue weighted by molar-refractivity contribution is 6.14. The van der Waals surface area contributed by atoms with Crippen LogP contribution in [-0.4, -0.2) is 4.98 Å². The second kappa shape index (κ2) is 11.0. The van der Waals surface area contributed by atoms with Gasteiger partial charge >= 0.3 is 0 Å². The van der Waals surface area contributed by atoms with Gasteiger partial charge < -0.3 is 13.7 Å². The van der Waals surface area contributed by atoms with Crippen LogP contribution < -0.4 is 4.90 Å². The van der Waals surface area contributed by atoms with E-state index in [1.165, 1.54) is 0 Å². The molecule has 230 valence electrons. The van der Waals surface area contributed by atoms with Crippen molar-refractivity contribution in [1.29, 1.82) is 0 Å². The van der Waals surface area contributed by atoms with Crippen molar-refractivity contribution in [2.45, 2.75) is 0 Å². The molecule has 0 fully saturated rings. The van der Waals surface area contributed by atoms with Crippen LogP contribution in [0, 0.1) is 0 Å². The van der Waals surface area contributed by atoms with Gasteiger partial charge in [0.15, 0.2) is 5.58 Å². The molecule has 0 amide bonds. The third-order valence-corrected chi connectivity index (χ3v) is 9.47. The lowest BCUT2D eigenvalue weighted by Crippen LogP contribution is -2.11. The molecule has 10 rings (SSSR count). The highest BCUT2D eigenvalue weighted by atomic mass is 16.3. The van der Waals surface area contributed by atoms with Gasteiger partial charge in [0.05, 0.1) is 11.4 Å². The summed E-state index contributed by atoms with van der Waals surface area (Å²) < 4.78 is 12.5. The van der Waals surface area contributed by atoms with Gasteiger partial charge in [0.2, 0.25) is 0 Å². The molecule has 4 nitrogen and oxygen atoms in total. The summed E-state index contributed by atoms with van der Waals surface area (Å²) in [6, 6.07) is 59.2. The van der Waals surface area contributed by atoms with E-state index < -0.39 is 0 Å². The summed E-state index contributed by atoms with van der Waals surface area (Å²) >= 11 is 0. The molecule has 0 saturated carbocycles. The SMILES string of the molecule is c1ccc(-c2ccccc2N(c2ccc(-c3ccc4oc5c6ccccc6ccc5c4n3)cc2)c2ccc3oc4ccccc4c3c2)cc1. The maximum atomic E-state index is 6.33. The standard InChI is InChI=1S/C45H28N2O2/c1-2-10-29(11-3-1)34-13-6-8-16-40(34)47(33-23-26-42-38(28-33)36-15-7-9-17-41(36)48-42)32-21-18-31(19-22-32)39-25-27-43-44(46-39)37-24-20-30-12-4-5-14-35(30)45(37)49-43/h1-28H. The highest BCUT2D eigenvalue weighted by Crippen LogP contribution is 2.43. The monoisotopic (exact) mass is 628 g/mol. The van der Waals surface area contributed by atoms with Crippen molar-refractivity contribution in [2.24, 2.45) is 0 Å². The van der Waals surface area contributed by atoms with E-state index in [0.717, 1.165) is 94.2 Å². The zero-order valence-corrected chi connectivity index (χ0v) is 26.4. The minimum atomic E-state index is 0.789. The first-order valence-corrected chi connectivity index (χ1v) is 16.5. The van der Waals surface area contributed by atoms with Crippen LogP contribution in [0.1, 0.15) is 0 Å². The van der Waals surface area contributed by atoms with Crippen molar-refractivity contribution >= 4 is 71.8 Å². The minimum absolute atomic E-state index is 0.789. The fourth-order valence-corrected chi connectivity index (χ4v) is 7.12. The van der Waals surface area contributed by atoms with Crippen LogP contribution in [0.4, 0.5) is 17.1 Å². The Kier molecular flexibility index (Phi) is 6.15. The fraction of sp³-hybridized carbons (Fsp3) is 0. The predicted molar refractivity (Wildman–Crippen MR) is 202 cm³/mol. The van der Waals surface area contributed by atoms with Gasteiger partial charge in [0.25, 0.3) is 0 Å². The first-order valence-electron chi connectivity index (χ1n) is 16.5.